The van der Waals surface area contributed by atoms with Crippen molar-refractivity contribution in [2.75, 3.05) is 11.4 Å². The van der Waals surface area contributed by atoms with Crippen molar-refractivity contribution in [3.05, 3.63) is 100 Å². The fourth-order valence-electron chi connectivity index (χ4n) is 4.27. The van der Waals surface area contributed by atoms with Gasteiger partial charge in [-0.15, -0.1) is 0 Å². The van der Waals surface area contributed by atoms with Crippen LogP contribution in [-0.2, 0) is 22.6 Å². The number of para-hydroxylation sites is 1. The number of anilines is 1. The van der Waals surface area contributed by atoms with Crippen LogP contribution in [0.4, 0.5) is 5.69 Å². The number of rotatable bonds is 4. The van der Waals surface area contributed by atoms with E-state index in [0.29, 0.717) is 28.4 Å². The molecule has 0 radical (unpaired) electrons. The molecule has 5 nitrogen and oxygen atoms in total. The summed E-state index contributed by atoms with van der Waals surface area (Å²) in [5.41, 5.74) is 4.52. The second kappa shape index (κ2) is 8.00. The van der Waals surface area contributed by atoms with Crippen molar-refractivity contribution in [3.8, 4) is 0 Å². The van der Waals surface area contributed by atoms with Gasteiger partial charge in [0.15, 0.2) is 0 Å². The SMILES string of the molecule is O=C1C(c2ccc(Cl)cc2)=C(N2CCCc3ccccc32)C(=O)N1Cc1cccnc1. The fraction of sp³-hybridized carbons (Fsp3) is 0.160. The molecule has 5 rings (SSSR count). The standard InChI is InChI=1S/C25H20ClN3O2/c26-20-11-9-19(10-12-20)22-23(28-14-4-7-18-6-1-2-8-21(18)28)25(31)29(24(22)30)16-17-5-3-13-27-15-17/h1-3,5-6,8-13,15H,4,7,14,16H2. The molecule has 6 heteroatoms. The van der Waals surface area contributed by atoms with Crippen LogP contribution in [0.1, 0.15) is 23.1 Å². The van der Waals surface area contributed by atoms with Crippen molar-refractivity contribution in [3.63, 3.8) is 0 Å². The van der Waals surface area contributed by atoms with E-state index in [9.17, 15) is 9.59 Å². The Bertz CT molecular complexity index is 1190. The monoisotopic (exact) mass is 429 g/mol. The Morgan fingerprint density at radius 2 is 1.74 bits per heavy atom. The molecule has 0 aliphatic carbocycles. The van der Waals surface area contributed by atoms with E-state index in [1.54, 1.807) is 42.7 Å². The quantitative estimate of drug-likeness (QED) is 0.574. The number of hydrogen-bond acceptors (Lipinski definition) is 4. The first-order valence-electron chi connectivity index (χ1n) is 10.2. The van der Waals surface area contributed by atoms with Gasteiger partial charge < -0.3 is 4.90 Å². The summed E-state index contributed by atoms with van der Waals surface area (Å²) in [4.78, 5) is 34.6. The number of aryl methyl sites for hydroxylation is 1. The van der Waals surface area contributed by atoms with Gasteiger partial charge in [-0.3, -0.25) is 19.5 Å². The molecule has 154 valence electrons. The first kappa shape index (κ1) is 19.5. The number of amides is 2. The van der Waals surface area contributed by atoms with Gasteiger partial charge in [-0.1, -0.05) is 48.0 Å². The predicted octanol–water partition coefficient (Wildman–Crippen LogP) is 4.47. The highest BCUT2D eigenvalue weighted by atomic mass is 35.5. The molecule has 0 spiro atoms. The van der Waals surface area contributed by atoms with Crippen LogP contribution < -0.4 is 4.90 Å². The van der Waals surface area contributed by atoms with Gasteiger partial charge in [0.05, 0.1) is 12.1 Å². The molecule has 3 aromatic rings. The second-order valence-corrected chi connectivity index (χ2v) is 8.11. The average Bonchev–Trinajstić information content (AvgIpc) is 3.04. The lowest BCUT2D eigenvalue weighted by Crippen LogP contribution is -2.36. The molecule has 0 atom stereocenters. The topological polar surface area (TPSA) is 53.5 Å². The summed E-state index contributed by atoms with van der Waals surface area (Å²) in [6.07, 6.45) is 5.22. The molecule has 0 saturated heterocycles. The first-order valence-corrected chi connectivity index (χ1v) is 10.6. The Hall–Kier alpha value is -3.44. The number of benzene rings is 2. The summed E-state index contributed by atoms with van der Waals surface area (Å²) in [6.45, 7) is 0.866. The van der Waals surface area contributed by atoms with E-state index in [2.05, 4.69) is 11.1 Å². The second-order valence-electron chi connectivity index (χ2n) is 7.67. The van der Waals surface area contributed by atoms with Crippen LogP contribution in [0.15, 0.2) is 78.8 Å². The number of nitrogens with zero attached hydrogens (tertiary/aromatic N) is 3. The number of halogens is 1. The first-order chi connectivity index (χ1) is 15.1. The fourth-order valence-corrected chi connectivity index (χ4v) is 4.40. The third-order valence-electron chi connectivity index (χ3n) is 5.72. The van der Waals surface area contributed by atoms with E-state index < -0.39 is 0 Å². The van der Waals surface area contributed by atoms with Crippen LogP contribution in [0, 0.1) is 0 Å². The van der Waals surface area contributed by atoms with Gasteiger partial charge in [0, 0.05) is 29.6 Å². The Morgan fingerprint density at radius 1 is 0.935 bits per heavy atom. The summed E-state index contributed by atoms with van der Waals surface area (Å²) >= 11 is 6.08. The van der Waals surface area contributed by atoms with Gasteiger partial charge in [0.1, 0.15) is 5.70 Å². The Kier molecular flexibility index (Phi) is 5.04. The van der Waals surface area contributed by atoms with Crippen molar-refractivity contribution in [2.45, 2.75) is 19.4 Å². The zero-order valence-corrected chi connectivity index (χ0v) is 17.5. The number of pyridine rings is 1. The number of hydrogen-bond donors (Lipinski definition) is 0. The van der Waals surface area contributed by atoms with Crippen molar-refractivity contribution in [2.24, 2.45) is 0 Å². The maximum atomic E-state index is 13.6. The van der Waals surface area contributed by atoms with E-state index in [-0.39, 0.29) is 18.4 Å². The maximum absolute atomic E-state index is 13.6. The summed E-state index contributed by atoms with van der Waals surface area (Å²) < 4.78 is 0. The molecule has 1 aromatic heterocycles. The van der Waals surface area contributed by atoms with E-state index in [4.69, 9.17) is 11.6 Å². The van der Waals surface area contributed by atoms with Crippen molar-refractivity contribution in [1.29, 1.82) is 0 Å². The maximum Gasteiger partial charge on any atom is 0.278 e. The van der Waals surface area contributed by atoms with Gasteiger partial charge in [0.2, 0.25) is 0 Å². The number of imide groups is 1. The van der Waals surface area contributed by atoms with E-state index in [0.717, 1.165) is 24.1 Å². The third kappa shape index (κ3) is 3.51. The lowest BCUT2D eigenvalue weighted by atomic mass is 9.98. The average molecular weight is 430 g/mol. The molecule has 0 N–H and O–H groups in total. The van der Waals surface area contributed by atoms with Crippen LogP contribution >= 0.6 is 11.6 Å². The van der Waals surface area contributed by atoms with Crippen molar-refractivity contribution in [1.82, 2.24) is 9.88 Å². The van der Waals surface area contributed by atoms with Crippen LogP contribution in [0.2, 0.25) is 5.02 Å². The van der Waals surface area contributed by atoms with Gasteiger partial charge in [-0.25, -0.2) is 0 Å². The number of fused-ring (bicyclic) bond motifs is 1. The van der Waals surface area contributed by atoms with Crippen LogP contribution in [0.3, 0.4) is 0 Å². The number of aromatic nitrogens is 1. The van der Waals surface area contributed by atoms with Gasteiger partial charge in [-0.2, -0.15) is 0 Å². The summed E-state index contributed by atoms with van der Waals surface area (Å²) in [5.74, 6) is -0.579. The van der Waals surface area contributed by atoms with Crippen molar-refractivity contribution >= 4 is 34.7 Å². The molecular weight excluding hydrogens is 410 g/mol. The normalized spacial score (nSPS) is 16.2. The Morgan fingerprint density at radius 3 is 2.52 bits per heavy atom. The molecule has 31 heavy (non-hydrogen) atoms. The van der Waals surface area contributed by atoms with Crippen LogP contribution in [0.5, 0.6) is 0 Å². The molecule has 2 aliphatic rings. The Labute approximate surface area is 185 Å². The van der Waals surface area contributed by atoms with Crippen LogP contribution in [-0.4, -0.2) is 28.2 Å². The van der Waals surface area contributed by atoms with Gasteiger partial charge in [-0.05, 0) is 53.8 Å². The van der Waals surface area contributed by atoms with Crippen LogP contribution in [0.25, 0.3) is 5.57 Å². The van der Waals surface area contributed by atoms with E-state index in [1.807, 2.05) is 29.2 Å². The van der Waals surface area contributed by atoms with E-state index >= 15 is 0 Å². The molecule has 3 heterocycles. The lowest BCUT2D eigenvalue weighted by molar-refractivity contribution is -0.137. The van der Waals surface area contributed by atoms with Gasteiger partial charge in [0.25, 0.3) is 11.8 Å². The molecule has 2 aliphatic heterocycles. The highest BCUT2D eigenvalue weighted by Crippen LogP contribution is 2.38. The molecule has 0 unspecified atom stereocenters. The highest BCUT2D eigenvalue weighted by Gasteiger charge is 2.42. The molecule has 2 aromatic carbocycles. The van der Waals surface area contributed by atoms with Gasteiger partial charge >= 0.3 is 0 Å². The minimum absolute atomic E-state index is 0.182. The zero-order valence-electron chi connectivity index (χ0n) is 16.8. The largest absolute Gasteiger partial charge is 0.336 e. The summed E-state index contributed by atoms with van der Waals surface area (Å²) in [6, 6.07) is 18.8. The molecule has 0 fully saturated rings. The zero-order chi connectivity index (χ0) is 21.4. The summed E-state index contributed by atoms with van der Waals surface area (Å²) in [5, 5.41) is 0.582. The minimum Gasteiger partial charge on any atom is -0.336 e. The third-order valence-corrected chi connectivity index (χ3v) is 5.97. The van der Waals surface area contributed by atoms with Crippen molar-refractivity contribution < 1.29 is 9.59 Å². The predicted molar refractivity (Wildman–Crippen MR) is 120 cm³/mol. The Balaban J connectivity index is 1.63. The number of carbonyl (C=O) groups is 2. The molecule has 0 bridgehead atoms. The number of carbonyl (C=O) groups excluding carboxylic acids is 2. The smallest absolute Gasteiger partial charge is 0.278 e. The molecule has 2 amide bonds. The van der Waals surface area contributed by atoms with E-state index in [1.165, 1.54) is 10.5 Å². The molecular formula is C25H20ClN3O2. The minimum atomic E-state index is -0.297. The summed E-state index contributed by atoms with van der Waals surface area (Å²) in [7, 11) is 0. The molecule has 0 saturated carbocycles. The highest BCUT2D eigenvalue weighted by molar-refractivity contribution is 6.37. The lowest BCUT2D eigenvalue weighted by Gasteiger charge is -2.32.